The van der Waals surface area contributed by atoms with E-state index < -0.39 is 11.6 Å². The van der Waals surface area contributed by atoms with Crippen molar-refractivity contribution in [3.8, 4) is 5.75 Å². The first-order chi connectivity index (χ1) is 13.2. The van der Waals surface area contributed by atoms with Gasteiger partial charge in [0.15, 0.2) is 17.5 Å². The zero-order valence-electron chi connectivity index (χ0n) is 14.8. The lowest BCUT2D eigenvalue weighted by atomic mass is 10.0. The molecule has 2 heterocycles. The molecule has 140 valence electrons. The summed E-state index contributed by atoms with van der Waals surface area (Å²) < 4.78 is 35.1. The molecule has 1 aliphatic rings. The number of ether oxygens (including phenoxy) is 1. The van der Waals surface area contributed by atoms with Gasteiger partial charge in [0, 0.05) is 18.7 Å². The maximum atomic E-state index is 14.2. The second-order valence-electron chi connectivity index (χ2n) is 6.35. The summed E-state index contributed by atoms with van der Waals surface area (Å²) in [6.45, 7) is 3.98. The summed E-state index contributed by atoms with van der Waals surface area (Å²) in [5, 5.41) is 12.0. The van der Waals surface area contributed by atoms with E-state index in [1.807, 2.05) is 31.2 Å². The minimum Gasteiger partial charge on any atom is -0.494 e. The molecular weight excluding hydrogens is 352 g/mol. The Labute approximate surface area is 155 Å². The Bertz CT molecular complexity index is 928. The van der Waals surface area contributed by atoms with Gasteiger partial charge in [-0.1, -0.05) is 24.3 Å². The Morgan fingerprint density at radius 2 is 1.93 bits per heavy atom. The van der Waals surface area contributed by atoms with Crippen LogP contribution in [0.15, 0.2) is 42.5 Å². The van der Waals surface area contributed by atoms with Gasteiger partial charge in [0.1, 0.15) is 5.75 Å². The normalized spacial score (nSPS) is 16.9. The Kier molecular flexibility index (Phi) is 4.81. The third-order valence-corrected chi connectivity index (χ3v) is 4.68. The predicted octanol–water partition coefficient (Wildman–Crippen LogP) is 2.96. The molecular formula is C19H19F2N5O. The summed E-state index contributed by atoms with van der Waals surface area (Å²) in [7, 11) is 0. The molecule has 0 radical (unpaired) electrons. The fraction of sp³-hybridized carbons (Fsp3) is 0.316. The fourth-order valence-corrected chi connectivity index (χ4v) is 3.41. The maximum Gasteiger partial charge on any atom is 0.173 e. The number of nitrogens with zero attached hydrogens (tertiary/aromatic N) is 5. The molecule has 6 nitrogen and oxygen atoms in total. The Morgan fingerprint density at radius 3 is 2.70 bits per heavy atom. The topological polar surface area (TPSA) is 56.1 Å². The minimum atomic E-state index is -0.841. The van der Waals surface area contributed by atoms with Gasteiger partial charge in [0.25, 0.3) is 0 Å². The van der Waals surface area contributed by atoms with Crippen LogP contribution in [0.5, 0.6) is 5.75 Å². The lowest BCUT2D eigenvalue weighted by Crippen LogP contribution is -2.39. The molecule has 4 rings (SSSR count). The van der Waals surface area contributed by atoms with Crippen LogP contribution in [0.3, 0.4) is 0 Å². The zero-order chi connectivity index (χ0) is 18.8. The summed E-state index contributed by atoms with van der Waals surface area (Å²) in [6.07, 6.45) is 0. The SMILES string of the molecule is CCOc1ccc(C2c3nnnn3CCN2Cc2cccc(F)c2F)cc1. The van der Waals surface area contributed by atoms with Crippen molar-refractivity contribution in [1.29, 1.82) is 0 Å². The molecule has 0 N–H and O–H groups in total. The van der Waals surface area contributed by atoms with E-state index >= 15 is 0 Å². The number of hydrogen-bond donors (Lipinski definition) is 0. The first-order valence-corrected chi connectivity index (χ1v) is 8.83. The Hall–Kier alpha value is -2.87. The lowest BCUT2D eigenvalue weighted by molar-refractivity contribution is 0.161. The van der Waals surface area contributed by atoms with Crippen LogP contribution in [0.2, 0.25) is 0 Å². The van der Waals surface area contributed by atoms with E-state index in [9.17, 15) is 8.78 Å². The van der Waals surface area contributed by atoms with E-state index in [4.69, 9.17) is 4.74 Å². The van der Waals surface area contributed by atoms with Crippen molar-refractivity contribution in [2.75, 3.05) is 13.2 Å². The van der Waals surface area contributed by atoms with Gasteiger partial charge in [-0.3, -0.25) is 4.90 Å². The monoisotopic (exact) mass is 371 g/mol. The molecule has 27 heavy (non-hydrogen) atoms. The fourth-order valence-electron chi connectivity index (χ4n) is 3.41. The highest BCUT2D eigenvalue weighted by molar-refractivity contribution is 5.33. The first-order valence-electron chi connectivity index (χ1n) is 8.83. The van der Waals surface area contributed by atoms with Gasteiger partial charge in [0.2, 0.25) is 0 Å². The Balaban J connectivity index is 1.69. The van der Waals surface area contributed by atoms with Crippen molar-refractivity contribution >= 4 is 0 Å². The number of aromatic nitrogens is 4. The highest BCUT2D eigenvalue weighted by Gasteiger charge is 2.32. The van der Waals surface area contributed by atoms with Crippen LogP contribution in [-0.4, -0.2) is 38.3 Å². The average molecular weight is 371 g/mol. The number of tetrazole rings is 1. The molecule has 0 bridgehead atoms. The molecule has 0 saturated heterocycles. The Morgan fingerprint density at radius 1 is 1.11 bits per heavy atom. The molecule has 0 aliphatic carbocycles. The standard InChI is InChI=1S/C19H19F2N5O/c1-2-27-15-8-6-13(7-9-15)18-19-22-23-24-26(19)11-10-25(18)12-14-4-3-5-16(20)17(14)21/h3-9,18H,2,10-12H2,1H3. The smallest absolute Gasteiger partial charge is 0.173 e. The van der Waals surface area contributed by atoms with Gasteiger partial charge in [-0.25, -0.2) is 13.5 Å². The van der Waals surface area contributed by atoms with Crippen molar-refractivity contribution in [3.05, 3.63) is 71.1 Å². The van der Waals surface area contributed by atoms with Crippen molar-refractivity contribution in [2.24, 2.45) is 0 Å². The van der Waals surface area contributed by atoms with E-state index in [1.54, 1.807) is 10.7 Å². The van der Waals surface area contributed by atoms with Crippen LogP contribution in [-0.2, 0) is 13.1 Å². The largest absolute Gasteiger partial charge is 0.494 e. The molecule has 0 spiro atoms. The molecule has 1 aliphatic heterocycles. The molecule has 1 atom stereocenters. The highest BCUT2D eigenvalue weighted by atomic mass is 19.2. The van der Waals surface area contributed by atoms with Crippen molar-refractivity contribution in [2.45, 2.75) is 26.1 Å². The molecule has 0 fully saturated rings. The van der Waals surface area contributed by atoms with E-state index in [0.717, 1.165) is 17.4 Å². The van der Waals surface area contributed by atoms with E-state index in [-0.39, 0.29) is 12.6 Å². The number of hydrogen-bond acceptors (Lipinski definition) is 5. The number of fused-ring (bicyclic) bond motifs is 1. The molecule has 0 saturated carbocycles. The zero-order valence-corrected chi connectivity index (χ0v) is 14.8. The third-order valence-electron chi connectivity index (χ3n) is 4.68. The molecule has 2 aromatic carbocycles. The number of halogens is 2. The van der Waals surface area contributed by atoms with Crippen LogP contribution < -0.4 is 4.74 Å². The van der Waals surface area contributed by atoms with Gasteiger partial charge in [-0.05, 0) is 41.1 Å². The van der Waals surface area contributed by atoms with Crippen LogP contribution in [0.25, 0.3) is 0 Å². The minimum absolute atomic E-state index is 0.257. The molecule has 1 unspecified atom stereocenters. The second-order valence-corrected chi connectivity index (χ2v) is 6.35. The molecule has 1 aromatic heterocycles. The lowest BCUT2D eigenvalue weighted by Gasteiger charge is -2.35. The second kappa shape index (κ2) is 7.40. The summed E-state index contributed by atoms with van der Waals surface area (Å²) in [4.78, 5) is 2.05. The van der Waals surface area contributed by atoms with Crippen LogP contribution in [0.1, 0.15) is 29.9 Å². The summed E-state index contributed by atoms with van der Waals surface area (Å²) >= 11 is 0. The van der Waals surface area contributed by atoms with Gasteiger partial charge in [-0.2, -0.15) is 0 Å². The predicted molar refractivity (Wildman–Crippen MR) is 94.0 cm³/mol. The van der Waals surface area contributed by atoms with Gasteiger partial charge >= 0.3 is 0 Å². The summed E-state index contributed by atoms with van der Waals surface area (Å²) in [5.41, 5.74) is 1.28. The van der Waals surface area contributed by atoms with E-state index in [2.05, 4.69) is 20.4 Å². The summed E-state index contributed by atoms with van der Waals surface area (Å²) in [6, 6.07) is 11.7. The van der Waals surface area contributed by atoms with Crippen molar-refractivity contribution in [1.82, 2.24) is 25.1 Å². The van der Waals surface area contributed by atoms with E-state index in [1.165, 1.54) is 6.07 Å². The number of benzene rings is 2. The third kappa shape index (κ3) is 3.40. The van der Waals surface area contributed by atoms with Gasteiger partial charge in [-0.15, -0.1) is 5.10 Å². The average Bonchev–Trinajstić information content (AvgIpc) is 3.15. The van der Waals surface area contributed by atoms with Crippen LogP contribution in [0, 0.1) is 11.6 Å². The quantitative estimate of drug-likeness (QED) is 0.690. The van der Waals surface area contributed by atoms with Crippen LogP contribution in [0.4, 0.5) is 8.78 Å². The van der Waals surface area contributed by atoms with Crippen LogP contribution >= 0.6 is 0 Å². The highest BCUT2D eigenvalue weighted by Crippen LogP contribution is 2.32. The maximum absolute atomic E-state index is 14.2. The van der Waals surface area contributed by atoms with Gasteiger partial charge < -0.3 is 4.74 Å². The van der Waals surface area contributed by atoms with Crippen molar-refractivity contribution in [3.63, 3.8) is 0 Å². The molecule has 3 aromatic rings. The first kappa shape index (κ1) is 17.5. The van der Waals surface area contributed by atoms with Crippen molar-refractivity contribution < 1.29 is 13.5 Å². The summed E-state index contributed by atoms with van der Waals surface area (Å²) in [5.74, 6) is -0.193. The van der Waals surface area contributed by atoms with Gasteiger partial charge in [0.05, 0.1) is 19.2 Å². The molecule has 0 amide bonds. The molecule has 8 heteroatoms. The number of rotatable bonds is 5. The van der Waals surface area contributed by atoms with E-state index in [0.29, 0.717) is 31.1 Å².